The Labute approximate surface area is 191 Å². The first-order chi connectivity index (χ1) is 16.0. The molecule has 166 valence electrons. The smallest absolute Gasteiger partial charge is 0.293 e. The summed E-state index contributed by atoms with van der Waals surface area (Å²) < 4.78 is 6.80. The molecular formula is C25H23N5O3. The Bertz CT molecular complexity index is 1200. The van der Waals surface area contributed by atoms with Crippen LogP contribution in [-0.2, 0) is 4.79 Å². The minimum atomic E-state index is -0.456. The molecule has 0 spiro atoms. The topological polar surface area (TPSA) is 89.4 Å². The van der Waals surface area contributed by atoms with Gasteiger partial charge in [0.15, 0.2) is 5.82 Å². The van der Waals surface area contributed by atoms with Crippen LogP contribution in [0.2, 0.25) is 0 Å². The van der Waals surface area contributed by atoms with Crippen LogP contribution in [0, 0.1) is 0 Å². The molecule has 33 heavy (non-hydrogen) atoms. The van der Waals surface area contributed by atoms with E-state index >= 15 is 0 Å². The van der Waals surface area contributed by atoms with Gasteiger partial charge >= 0.3 is 0 Å². The van der Waals surface area contributed by atoms with Crippen molar-refractivity contribution in [1.29, 1.82) is 0 Å². The van der Waals surface area contributed by atoms with Crippen molar-refractivity contribution in [3.05, 3.63) is 90.8 Å². The average molecular weight is 441 g/mol. The van der Waals surface area contributed by atoms with Gasteiger partial charge in [0.05, 0.1) is 19.3 Å². The van der Waals surface area contributed by atoms with Crippen molar-refractivity contribution in [2.45, 2.75) is 0 Å². The number of likely N-dealkylation sites (N-methyl/N-ethyl adjacent to an activating group) is 1. The van der Waals surface area contributed by atoms with Crippen molar-refractivity contribution in [3.63, 3.8) is 0 Å². The zero-order valence-electron chi connectivity index (χ0n) is 18.3. The minimum absolute atomic E-state index is 0.00869. The second kappa shape index (κ2) is 9.78. The van der Waals surface area contributed by atoms with Crippen LogP contribution in [-0.4, -0.2) is 52.2 Å². The van der Waals surface area contributed by atoms with Gasteiger partial charge in [0.1, 0.15) is 5.75 Å². The summed E-state index contributed by atoms with van der Waals surface area (Å²) in [6.45, 7) is -0.156. The average Bonchev–Trinajstić information content (AvgIpc) is 3.30. The maximum Gasteiger partial charge on any atom is 0.293 e. The quantitative estimate of drug-likeness (QED) is 0.473. The van der Waals surface area contributed by atoms with Crippen molar-refractivity contribution >= 4 is 17.5 Å². The van der Waals surface area contributed by atoms with Gasteiger partial charge in [0.2, 0.25) is 11.7 Å². The predicted molar refractivity (Wildman–Crippen MR) is 125 cm³/mol. The zero-order valence-corrected chi connectivity index (χ0v) is 18.3. The van der Waals surface area contributed by atoms with E-state index in [2.05, 4.69) is 15.4 Å². The molecule has 0 radical (unpaired) electrons. The summed E-state index contributed by atoms with van der Waals surface area (Å²) in [6.07, 6.45) is 0. The number of para-hydroxylation sites is 1. The highest BCUT2D eigenvalue weighted by Gasteiger charge is 2.23. The number of nitrogens with zero attached hydrogens (tertiary/aromatic N) is 4. The lowest BCUT2D eigenvalue weighted by Gasteiger charge is -2.15. The fourth-order valence-corrected chi connectivity index (χ4v) is 3.29. The third kappa shape index (κ3) is 5.07. The number of hydrogen-bond donors (Lipinski definition) is 1. The fraction of sp³-hybridized carbons (Fsp3) is 0.120. The molecule has 8 heteroatoms. The summed E-state index contributed by atoms with van der Waals surface area (Å²) >= 11 is 0. The van der Waals surface area contributed by atoms with E-state index in [1.54, 1.807) is 43.1 Å². The number of aromatic nitrogens is 3. The Morgan fingerprint density at radius 2 is 1.67 bits per heavy atom. The van der Waals surface area contributed by atoms with Crippen molar-refractivity contribution < 1.29 is 14.3 Å². The van der Waals surface area contributed by atoms with Crippen LogP contribution >= 0.6 is 0 Å². The van der Waals surface area contributed by atoms with Gasteiger partial charge in [-0.15, -0.1) is 5.10 Å². The second-order valence-electron chi connectivity index (χ2n) is 7.31. The summed E-state index contributed by atoms with van der Waals surface area (Å²) in [5.74, 6) is 0.377. The van der Waals surface area contributed by atoms with Gasteiger partial charge in [-0.3, -0.25) is 9.59 Å². The van der Waals surface area contributed by atoms with Gasteiger partial charge in [-0.05, 0) is 24.3 Å². The van der Waals surface area contributed by atoms with Crippen molar-refractivity contribution in [1.82, 2.24) is 19.7 Å². The Morgan fingerprint density at radius 1 is 0.970 bits per heavy atom. The molecule has 8 nitrogen and oxygen atoms in total. The van der Waals surface area contributed by atoms with Gasteiger partial charge in [0, 0.05) is 24.4 Å². The van der Waals surface area contributed by atoms with E-state index in [4.69, 9.17) is 4.74 Å². The van der Waals surface area contributed by atoms with E-state index in [-0.39, 0.29) is 18.3 Å². The van der Waals surface area contributed by atoms with Crippen LogP contribution in [0.25, 0.3) is 17.1 Å². The summed E-state index contributed by atoms with van der Waals surface area (Å²) in [6, 6.07) is 26.0. The largest absolute Gasteiger partial charge is 0.497 e. The van der Waals surface area contributed by atoms with Crippen LogP contribution in [0.4, 0.5) is 5.69 Å². The van der Waals surface area contributed by atoms with Crippen LogP contribution in [0.5, 0.6) is 5.75 Å². The van der Waals surface area contributed by atoms with Gasteiger partial charge in [-0.2, -0.15) is 0 Å². The summed E-state index contributed by atoms with van der Waals surface area (Å²) in [7, 11) is 3.09. The fourth-order valence-electron chi connectivity index (χ4n) is 3.29. The van der Waals surface area contributed by atoms with E-state index in [0.29, 0.717) is 17.3 Å². The molecule has 0 saturated carbocycles. The molecule has 0 aliphatic carbocycles. The Balaban J connectivity index is 1.55. The molecule has 1 heterocycles. The van der Waals surface area contributed by atoms with Crippen LogP contribution in [0.15, 0.2) is 84.9 Å². The molecule has 0 bridgehead atoms. The lowest BCUT2D eigenvalue weighted by atomic mass is 10.2. The summed E-state index contributed by atoms with van der Waals surface area (Å²) in [5, 5.41) is 7.22. The molecule has 0 aliphatic heterocycles. The standard InChI is InChI=1S/C25H23N5O3/c1-29(17-22(31)26-19-12-9-15-21(16-19)33-2)25(32)23-27-24(18-10-5-3-6-11-18)30(28-23)20-13-7-4-8-14-20/h3-16H,17H2,1-2H3,(H,26,31). The van der Waals surface area contributed by atoms with E-state index in [0.717, 1.165) is 11.3 Å². The van der Waals surface area contributed by atoms with Gasteiger partial charge in [-0.1, -0.05) is 54.6 Å². The molecule has 3 aromatic carbocycles. The first-order valence-electron chi connectivity index (χ1n) is 10.3. The van der Waals surface area contributed by atoms with Crippen LogP contribution in [0.3, 0.4) is 0 Å². The first-order valence-corrected chi connectivity index (χ1v) is 10.3. The molecule has 4 rings (SSSR count). The van der Waals surface area contributed by atoms with Crippen molar-refractivity contribution in [2.24, 2.45) is 0 Å². The molecule has 0 atom stereocenters. The van der Waals surface area contributed by atoms with Gasteiger partial charge in [-0.25, -0.2) is 9.67 Å². The number of carbonyl (C=O) groups is 2. The lowest BCUT2D eigenvalue weighted by molar-refractivity contribution is -0.116. The van der Waals surface area contributed by atoms with Crippen LogP contribution in [0.1, 0.15) is 10.6 Å². The maximum atomic E-state index is 13.0. The molecule has 1 aromatic heterocycles. The predicted octanol–water partition coefficient (Wildman–Crippen LogP) is 3.65. The monoisotopic (exact) mass is 441 g/mol. The first kappa shape index (κ1) is 21.8. The molecule has 0 fully saturated rings. The number of hydrogen-bond acceptors (Lipinski definition) is 5. The number of amides is 2. The molecule has 4 aromatic rings. The Hall–Kier alpha value is -4.46. The summed E-state index contributed by atoms with van der Waals surface area (Å²) in [5.41, 5.74) is 2.19. The molecule has 0 saturated heterocycles. The lowest BCUT2D eigenvalue weighted by Crippen LogP contribution is -2.35. The zero-order chi connectivity index (χ0) is 23.2. The molecule has 2 amide bonds. The summed E-state index contributed by atoms with van der Waals surface area (Å²) in [4.78, 5) is 31.3. The number of rotatable bonds is 7. The molecule has 0 unspecified atom stereocenters. The number of nitrogens with one attached hydrogen (secondary N) is 1. The third-order valence-electron chi connectivity index (χ3n) is 4.91. The SMILES string of the molecule is COc1cccc(NC(=O)CN(C)C(=O)c2nc(-c3ccccc3)n(-c3ccccc3)n2)c1. The minimum Gasteiger partial charge on any atom is -0.497 e. The van der Waals surface area contributed by atoms with Gasteiger partial charge < -0.3 is 15.0 Å². The van der Waals surface area contributed by atoms with Crippen molar-refractivity contribution in [2.75, 3.05) is 26.0 Å². The number of benzene rings is 3. The molecule has 1 N–H and O–H groups in total. The Kier molecular flexibility index (Phi) is 6.45. The van der Waals surface area contributed by atoms with Crippen molar-refractivity contribution in [3.8, 4) is 22.8 Å². The van der Waals surface area contributed by atoms with Crippen LogP contribution < -0.4 is 10.1 Å². The molecular weight excluding hydrogens is 418 g/mol. The normalized spacial score (nSPS) is 10.5. The number of anilines is 1. The molecule has 0 aliphatic rings. The van der Waals surface area contributed by atoms with E-state index in [1.807, 2.05) is 60.7 Å². The van der Waals surface area contributed by atoms with E-state index < -0.39 is 5.91 Å². The van der Waals surface area contributed by atoms with Gasteiger partial charge in [0.25, 0.3) is 5.91 Å². The second-order valence-corrected chi connectivity index (χ2v) is 7.31. The maximum absolute atomic E-state index is 13.0. The highest BCUT2D eigenvalue weighted by atomic mass is 16.5. The third-order valence-corrected chi connectivity index (χ3v) is 4.91. The van der Waals surface area contributed by atoms with E-state index in [1.165, 1.54) is 4.90 Å². The Morgan fingerprint density at radius 3 is 2.36 bits per heavy atom. The number of ether oxygens (including phenoxy) is 1. The number of carbonyl (C=O) groups excluding carboxylic acids is 2. The number of methoxy groups -OCH3 is 1. The highest BCUT2D eigenvalue weighted by Crippen LogP contribution is 2.21. The van der Waals surface area contributed by atoms with E-state index in [9.17, 15) is 9.59 Å². The highest BCUT2D eigenvalue weighted by molar-refractivity contribution is 5.97.